The second-order valence-corrected chi connectivity index (χ2v) is 28.0. The molecule has 2 amide bonds. The van der Waals surface area contributed by atoms with Crippen LogP contribution in [0.3, 0.4) is 0 Å². The minimum Gasteiger partial charge on any atom is -0.485 e. The molecule has 4 atom stereocenters. The second-order valence-electron chi connectivity index (χ2n) is 27.7. The van der Waals surface area contributed by atoms with Gasteiger partial charge < -0.3 is 69.0 Å². The van der Waals surface area contributed by atoms with E-state index in [1.54, 1.807) is 31.2 Å². The van der Waals surface area contributed by atoms with E-state index < -0.39 is 40.6 Å². The molecule has 0 bridgehead atoms. The first-order chi connectivity index (χ1) is 47.4. The van der Waals surface area contributed by atoms with Crippen molar-refractivity contribution in [1.29, 1.82) is 0 Å². The summed E-state index contributed by atoms with van der Waals surface area (Å²) in [6.07, 6.45) is 3.25. The summed E-state index contributed by atoms with van der Waals surface area (Å²) in [5.74, 6) is 0.107. The van der Waals surface area contributed by atoms with Crippen molar-refractivity contribution in [1.82, 2.24) is 21.3 Å². The lowest BCUT2D eigenvalue weighted by molar-refractivity contribution is -0.157. The van der Waals surface area contributed by atoms with Gasteiger partial charge in [-0.2, -0.15) is 0 Å². The molecule has 20 nitrogen and oxygen atoms in total. The lowest BCUT2D eigenvalue weighted by atomic mass is 10.0. The molecule has 0 spiro atoms. The zero-order chi connectivity index (χ0) is 71.0. The molecule has 2 aliphatic carbocycles. The number of aliphatic hydroxyl groups is 1. The van der Waals surface area contributed by atoms with Gasteiger partial charge in [0.25, 0.3) is 0 Å². The van der Waals surface area contributed by atoms with Gasteiger partial charge in [0.05, 0.1) is 41.6 Å². The number of amides is 2. The van der Waals surface area contributed by atoms with Crippen LogP contribution in [0.1, 0.15) is 134 Å². The Morgan fingerprint density at radius 1 is 0.525 bits per heavy atom. The molecule has 2 saturated carbocycles. The molecular weight excluding hydrogens is 1280 g/mol. The summed E-state index contributed by atoms with van der Waals surface area (Å²) in [7, 11) is 0. The van der Waals surface area contributed by atoms with Gasteiger partial charge in [-0.15, -0.1) is 0 Å². The Hall–Kier alpha value is -8.37. The molecule has 6 aromatic rings. The van der Waals surface area contributed by atoms with Crippen LogP contribution in [-0.2, 0) is 69.3 Å². The van der Waals surface area contributed by atoms with Gasteiger partial charge in [0, 0.05) is 55.9 Å². The highest BCUT2D eigenvalue weighted by atomic mass is 35.5. The molecule has 0 aromatic heterocycles. The minimum absolute atomic E-state index is 0.0270. The van der Waals surface area contributed by atoms with Crippen molar-refractivity contribution in [3.8, 4) is 23.0 Å². The molecule has 4 fully saturated rings. The molecule has 21 heteroatoms. The lowest BCUT2D eigenvalue weighted by Gasteiger charge is -2.30. The van der Waals surface area contributed by atoms with Gasteiger partial charge in [0.1, 0.15) is 51.8 Å². The van der Waals surface area contributed by atoms with Crippen molar-refractivity contribution >= 4 is 46.6 Å². The molecule has 5 N–H and O–H groups in total. The minimum atomic E-state index is -0.940. The van der Waals surface area contributed by atoms with E-state index in [1.807, 2.05) is 170 Å². The fraction of sp³-hybridized carbons (Fsp3) is 0.462. The second kappa shape index (κ2) is 36.6. The molecule has 532 valence electrons. The Balaban J connectivity index is 0.000000231. The summed E-state index contributed by atoms with van der Waals surface area (Å²) >= 11 is 5.18. The molecule has 2 heterocycles. The molecule has 0 radical (unpaired) electrons. The predicted octanol–water partition coefficient (Wildman–Crippen LogP) is 11.3. The maximum Gasteiger partial charge on any atom is 0.338 e. The van der Waals surface area contributed by atoms with Crippen LogP contribution in [0.5, 0.6) is 23.0 Å². The molecule has 99 heavy (non-hydrogen) atoms. The van der Waals surface area contributed by atoms with Crippen LogP contribution >= 0.6 is 11.6 Å². The third-order valence-electron chi connectivity index (χ3n) is 17.7. The van der Waals surface area contributed by atoms with E-state index in [4.69, 9.17) is 54.2 Å². The fourth-order valence-electron chi connectivity index (χ4n) is 10.2. The number of ether oxygens (including phenoxy) is 9. The van der Waals surface area contributed by atoms with Gasteiger partial charge in [-0.3, -0.25) is 19.2 Å². The van der Waals surface area contributed by atoms with E-state index in [9.17, 15) is 33.9 Å². The number of rotatable bonds is 33. The number of β-amino-alcohol motifs (C(OH)–C–C–N with tert-alkyl or cyclic N) is 1. The number of carbonyl (C=O) groups is 6. The summed E-state index contributed by atoms with van der Waals surface area (Å²) < 4.78 is 52.3. The van der Waals surface area contributed by atoms with E-state index in [2.05, 4.69) is 21.3 Å². The van der Waals surface area contributed by atoms with Crippen molar-refractivity contribution < 1.29 is 76.5 Å². The van der Waals surface area contributed by atoms with Crippen LogP contribution in [0.2, 0.25) is 0 Å². The van der Waals surface area contributed by atoms with Gasteiger partial charge in [-0.1, -0.05) is 128 Å². The zero-order valence-electron chi connectivity index (χ0n) is 58.3. The van der Waals surface area contributed by atoms with Crippen LogP contribution in [0.4, 0.5) is 0 Å². The largest absolute Gasteiger partial charge is 0.485 e. The van der Waals surface area contributed by atoms with Crippen LogP contribution in [0.15, 0.2) is 146 Å². The first kappa shape index (κ1) is 76.4. The molecule has 6 aromatic carbocycles. The monoisotopic (exact) mass is 1380 g/mol. The van der Waals surface area contributed by atoms with E-state index in [0.717, 1.165) is 54.4 Å². The first-order valence-electron chi connectivity index (χ1n) is 34.0. The van der Waals surface area contributed by atoms with Crippen molar-refractivity contribution in [2.75, 3.05) is 65.8 Å². The van der Waals surface area contributed by atoms with E-state index in [-0.39, 0.29) is 73.2 Å². The molecular formula is C78H97ClN4O16. The summed E-state index contributed by atoms with van der Waals surface area (Å²) in [5.41, 5.74) is 4.30. The Kier molecular flexibility index (Phi) is 28.3. The van der Waals surface area contributed by atoms with E-state index >= 15 is 0 Å². The lowest BCUT2D eigenvalue weighted by Crippen LogP contribution is -2.53. The van der Waals surface area contributed by atoms with Gasteiger partial charge >= 0.3 is 17.9 Å². The van der Waals surface area contributed by atoms with Gasteiger partial charge in [-0.05, 0) is 156 Å². The average molecular weight is 1380 g/mol. The predicted molar refractivity (Wildman–Crippen MR) is 375 cm³/mol. The first-order valence-corrected chi connectivity index (χ1v) is 34.3. The SMILES string of the molecule is CC1(C(=O)Cl)CC1.Cc1cc(OCc2ccccc2)c(OCc2ccccc2)cc1C(=O)OCC(CNC(C)(C)CNC(=O)C1CCOC1)OC(=O)C1(C)CC1.Cc1cc(OCc2ccccc2)c(OCc2ccccc2)cc1C(=O)OCC(O)CNC(C)(C)CNC(=O)C1CCOC1. The molecule has 4 aliphatic rings. The third kappa shape index (κ3) is 25.1. The highest BCUT2D eigenvalue weighted by molar-refractivity contribution is 6.65. The molecule has 2 aliphatic heterocycles. The van der Waals surface area contributed by atoms with Gasteiger partial charge in [-0.25, -0.2) is 9.59 Å². The number of halogens is 1. The van der Waals surface area contributed by atoms with E-state index in [1.165, 1.54) is 0 Å². The van der Waals surface area contributed by atoms with E-state index in [0.29, 0.717) is 111 Å². The van der Waals surface area contributed by atoms with Gasteiger partial charge in [0.2, 0.25) is 17.1 Å². The number of carbonyl (C=O) groups excluding carboxylic acids is 6. The maximum absolute atomic E-state index is 13.5. The Morgan fingerprint density at radius 2 is 0.879 bits per heavy atom. The normalized spacial score (nSPS) is 16.9. The van der Waals surface area contributed by atoms with Crippen molar-refractivity contribution in [3.05, 3.63) is 190 Å². The third-order valence-corrected chi connectivity index (χ3v) is 18.1. The zero-order valence-corrected chi connectivity index (χ0v) is 59.0. The quantitative estimate of drug-likeness (QED) is 0.0146. The number of esters is 3. The van der Waals surface area contributed by atoms with Crippen LogP contribution in [0, 0.1) is 36.5 Å². The maximum atomic E-state index is 13.5. The summed E-state index contributed by atoms with van der Waals surface area (Å²) in [4.78, 5) is 74.7. The number of aryl methyl sites for hydroxylation is 2. The number of hydrogen-bond donors (Lipinski definition) is 5. The Bertz CT molecular complexity index is 3600. The molecule has 10 rings (SSSR count). The standard InChI is InChI=1S/C39H48N2O8.C34H42N2O7.C5H7ClO/c1-27-19-33(46-22-28-11-7-5-8-12-28)34(47-23-29-13-9-6-10-14-29)20-32(27)36(43)48-25-31(49-37(44)39(4)16-17-39)21-41-38(2,3)26-40-35(42)30-15-18-45-24-30;1-24-16-30(41-19-25-10-6-4-7-11-25)31(42-20-26-12-8-5-9-13-26)17-29(24)33(39)43-22-28(37)18-36-34(2,3)23-35-32(38)27-14-15-40-21-27;1-5(2-3-5)4(6)7/h5-14,19-20,30-31,41H,15-18,21-26H2,1-4H3,(H,40,42);4-13,16-17,27-28,36-37H,14-15,18-23H2,1-3H3,(H,35,38);2-3H2,1H3. The number of benzene rings is 6. The highest BCUT2D eigenvalue weighted by Gasteiger charge is 2.47. The van der Waals surface area contributed by atoms with Crippen molar-refractivity contribution in [3.63, 3.8) is 0 Å². The van der Waals surface area contributed by atoms with Crippen molar-refractivity contribution in [2.45, 2.75) is 144 Å². The van der Waals surface area contributed by atoms with Gasteiger partial charge in [0.15, 0.2) is 23.0 Å². The van der Waals surface area contributed by atoms with Crippen molar-refractivity contribution in [2.24, 2.45) is 22.7 Å². The highest BCUT2D eigenvalue weighted by Crippen LogP contribution is 2.47. The summed E-state index contributed by atoms with van der Waals surface area (Å²) in [6.45, 7) is 19.3. The van der Waals surface area contributed by atoms with Crippen LogP contribution in [0.25, 0.3) is 0 Å². The topological polar surface area (TPSA) is 254 Å². The smallest absolute Gasteiger partial charge is 0.338 e. The summed E-state index contributed by atoms with van der Waals surface area (Å²) in [6, 6.07) is 45.9. The Morgan fingerprint density at radius 3 is 1.21 bits per heavy atom. The van der Waals surface area contributed by atoms with Crippen LogP contribution < -0.4 is 40.2 Å². The average Bonchev–Trinajstić information content (AvgIpc) is 1.80. The number of nitrogens with one attached hydrogen (secondary N) is 4. The molecule has 4 unspecified atom stereocenters. The number of hydrogen-bond acceptors (Lipinski definition) is 18. The fourth-order valence-corrected chi connectivity index (χ4v) is 10.4. The molecule has 2 saturated heterocycles. The van der Waals surface area contributed by atoms with Crippen LogP contribution in [-0.4, -0.2) is 129 Å². The summed E-state index contributed by atoms with van der Waals surface area (Å²) in [5, 5.41) is 22.9. The Labute approximate surface area is 586 Å². The number of aliphatic hydroxyl groups excluding tert-OH is 1.